The van der Waals surface area contributed by atoms with Gasteiger partial charge in [0.15, 0.2) is 0 Å². The quantitative estimate of drug-likeness (QED) is 0.284. The van der Waals surface area contributed by atoms with Gasteiger partial charge in [0.2, 0.25) is 11.8 Å². The van der Waals surface area contributed by atoms with Gasteiger partial charge in [0.25, 0.3) is 5.56 Å². The Balaban J connectivity index is 1.42. The minimum Gasteiger partial charge on any atom is -0.479 e. The fourth-order valence-electron chi connectivity index (χ4n) is 6.80. The van der Waals surface area contributed by atoms with Gasteiger partial charge in [-0.25, -0.2) is 14.3 Å². The molecular formula is C36H43N5O7S3. The van der Waals surface area contributed by atoms with Crippen LogP contribution in [0, 0.1) is 5.92 Å². The largest absolute Gasteiger partial charge is 0.479 e. The summed E-state index contributed by atoms with van der Waals surface area (Å²) in [7, 11) is 0. The minimum absolute atomic E-state index is 0.00822. The molecule has 3 aromatic rings. The molecule has 51 heavy (non-hydrogen) atoms. The summed E-state index contributed by atoms with van der Waals surface area (Å²) in [5, 5.41) is 28.1. The summed E-state index contributed by atoms with van der Waals surface area (Å²) < 4.78 is 6.05. The van der Waals surface area contributed by atoms with Gasteiger partial charge in [0.1, 0.15) is 23.2 Å². The highest BCUT2D eigenvalue weighted by Gasteiger charge is 2.61. The van der Waals surface area contributed by atoms with Crippen molar-refractivity contribution in [3.8, 4) is 22.3 Å². The Hall–Kier alpha value is -3.95. The number of carboxylic acids is 1. The third kappa shape index (κ3) is 7.65. The first-order valence-electron chi connectivity index (χ1n) is 16.9. The summed E-state index contributed by atoms with van der Waals surface area (Å²) in [5.74, 6) is -2.05. The van der Waals surface area contributed by atoms with Gasteiger partial charge in [-0.3, -0.25) is 14.4 Å². The maximum Gasteiger partial charge on any atom is 0.408 e. The molecule has 1 saturated carbocycles. The maximum atomic E-state index is 14.8. The Morgan fingerprint density at radius 3 is 2.45 bits per heavy atom. The van der Waals surface area contributed by atoms with Crippen LogP contribution in [0.25, 0.3) is 22.3 Å². The normalized spacial score (nSPS) is 27.3. The number of carboxylic acid groups (broad SMARTS) is 1. The lowest BCUT2D eigenvalue weighted by atomic mass is 10.0. The molecule has 2 fully saturated rings. The van der Waals surface area contributed by atoms with Crippen molar-refractivity contribution >= 4 is 58.3 Å². The SMILES string of the molecule is CC(C)(C)OC(=O)N[C@@H]1C(=O)N2C[C@H](n3ncc(-c4ccsc4)c(-c4ccsc4)c3=O)C[C@H]2C(=O)NC2(C(=O)O)CC2/C=C\CCCSC1(C)C. The lowest BCUT2D eigenvalue weighted by Crippen LogP contribution is -2.61. The zero-order valence-electron chi connectivity index (χ0n) is 29.2. The van der Waals surface area contributed by atoms with Crippen LogP contribution in [0.1, 0.15) is 66.3 Å². The number of carbonyl (C=O) groups is 4. The molecule has 0 bridgehead atoms. The van der Waals surface area contributed by atoms with Gasteiger partial charge in [-0.15, -0.1) is 0 Å². The smallest absolute Gasteiger partial charge is 0.408 e. The summed E-state index contributed by atoms with van der Waals surface area (Å²) in [6.45, 7) is 8.85. The number of ether oxygens (including phenoxy) is 1. The molecule has 3 amide bonds. The zero-order chi connectivity index (χ0) is 36.7. The molecule has 5 heterocycles. The van der Waals surface area contributed by atoms with E-state index in [2.05, 4.69) is 15.7 Å². The van der Waals surface area contributed by atoms with Crippen LogP contribution in [0.5, 0.6) is 0 Å². The van der Waals surface area contributed by atoms with Crippen LogP contribution in [0.2, 0.25) is 0 Å². The van der Waals surface area contributed by atoms with Crippen LogP contribution < -0.4 is 16.2 Å². The van der Waals surface area contributed by atoms with Crippen molar-refractivity contribution in [1.82, 2.24) is 25.3 Å². The van der Waals surface area contributed by atoms with E-state index in [1.807, 2.05) is 59.7 Å². The second-order valence-corrected chi connectivity index (χ2v) is 18.1. The first-order chi connectivity index (χ1) is 24.1. The first kappa shape index (κ1) is 36.8. The molecular weight excluding hydrogens is 711 g/mol. The monoisotopic (exact) mass is 753 g/mol. The molecule has 2 aliphatic heterocycles. The number of nitrogens with zero attached hydrogens (tertiary/aromatic N) is 3. The molecule has 3 N–H and O–H groups in total. The number of thioether (sulfide) groups is 1. The maximum absolute atomic E-state index is 14.8. The molecule has 0 spiro atoms. The van der Waals surface area contributed by atoms with Crippen molar-refractivity contribution in [3.63, 3.8) is 0 Å². The summed E-state index contributed by atoms with van der Waals surface area (Å²) in [5.41, 5.74) is 0.0396. The van der Waals surface area contributed by atoms with Gasteiger partial charge in [-0.2, -0.15) is 39.5 Å². The van der Waals surface area contributed by atoms with E-state index in [4.69, 9.17) is 4.74 Å². The lowest BCUT2D eigenvalue weighted by molar-refractivity contribution is -0.145. The number of thiophene rings is 2. The molecule has 3 aliphatic rings. The van der Waals surface area contributed by atoms with Gasteiger partial charge in [-0.05, 0) is 104 Å². The number of alkyl carbamates (subject to hydrolysis) is 1. The van der Waals surface area contributed by atoms with Crippen LogP contribution in [-0.4, -0.2) is 83.9 Å². The highest BCUT2D eigenvalue weighted by molar-refractivity contribution is 8.00. The second-order valence-electron chi connectivity index (χ2n) is 14.8. The fraction of sp³-hybridized carbons (Fsp3) is 0.500. The third-order valence-electron chi connectivity index (χ3n) is 9.56. The number of amides is 3. The molecule has 15 heteroatoms. The highest BCUT2D eigenvalue weighted by atomic mass is 32.2. The molecule has 272 valence electrons. The van der Waals surface area contributed by atoms with E-state index >= 15 is 0 Å². The Bertz CT molecular complexity index is 1880. The van der Waals surface area contributed by atoms with E-state index in [0.29, 0.717) is 23.3 Å². The molecule has 12 nitrogen and oxygen atoms in total. The Labute approximate surface area is 308 Å². The third-order valence-corrected chi connectivity index (χ3v) is 12.4. The van der Waals surface area contributed by atoms with Crippen LogP contribution >= 0.6 is 34.4 Å². The summed E-state index contributed by atoms with van der Waals surface area (Å²) in [6, 6.07) is 0.801. The Kier molecular flexibility index (Phi) is 10.3. The average Bonchev–Trinajstić information content (AvgIpc) is 3.58. The number of hydrogen-bond acceptors (Lipinski definition) is 10. The van der Waals surface area contributed by atoms with Gasteiger partial charge in [0.05, 0.1) is 17.8 Å². The topological polar surface area (TPSA) is 160 Å². The first-order valence-corrected chi connectivity index (χ1v) is 19.8. The molecule has 1 aliphatic carbocycles. The average molecular weight is 754 g/mol. The molecule has 5 atom stereocenters. The molecule has 3 aromatic heterocycles. The molecule has 0 radical (unpaired) electrons. The van der Waals surface area contributed by atoms with Crippen molar-refractivity contribution in [2.24, 2.45) is 5.92 Å². The van der Waals surface area contributed by atoms with Gasteiger partial charge >= 0.3 is 12.1 Å². The van der Waals surface area contributed by atoms with Crippen molar-refractivity contribution < 1.29 is 29.0 Å². The van der Waals surface area contributed by atoms with Crippen molar-refractivity contribution in [3.05, 3.63) is 62.4 Å². The van der Waals surface area contributed by atoms with Crippen LogP contribution in [0.3, 0.4) is 0 Å². The second kappa shape index (κ2) is 14.2. The number of hydrogen-bond donors (Lipinski definition) is 3. The van der Waals surface area contributed by atoms with E-state index in [9.17, 15) is 29.1 Å². The van der Waals surface area contributed by atoms with Crippen LogP contribution in [0.15, 0.2) is 56.8 Å². The summed E-state index contributed by atoms with van der Waals surface area (Å²) >= 11 is 4.49. The number of carbonyl (C=O) groups excluding carboxylic acids is 3. The van der Waals surface area contributed by atoms with E-state index in [0.717, 1.165) is 17.5 Å². The lowest BCUT2D eigenvalue weighted by Gasteiger charge is -2.37. The van der Waals surface area contributed by atoms with E-state index in [-0.39, 0.29) is 24.9 Å². The van der Waals surface area contributed by atoms with Crippen LogP contribution in [0.4, 0.5) is 4.79 Å². The Morgan fingerprint density at radius 2 is 1.80 bits per heavy atom. The number of fused-ring (bicyclic) bond motifs is 2. The van der Waals surface area contributed by atoms with Gasteiger partial charge in [0, 0.05) is 29.2 Å². The number of aliphatic carboxylic acids is 1. The zero-order valence-corrected chi connectivity index (χ0v) is 31.7. The van der Waals surface area contributed by atoms with Gasteiger partial charge in [-0.1, -0.05) is 12.2 Å². The van der Waals surface area contributed by atoms with E-state index in [1.54, 1.807) is 27.0 Å². The highest BCUT2D eigenvalue weighted by Crippen LogP contribution is 2.46. The van der Waals surface area contributed by atoms with Crippen molar-refractivity contribution in [1.29, 1.82) is 0 Å². The number of rotatable bonds is 5. The predicted octanol–water partition coefficient (Wildman–Crippen LogP) is 5.56. The van der Waals surface area contributed by atoms with Gasteiger partial charge < -0.3 is 25.4 Å². The summed E-state index contributed by atoms with van der Waals surface area (Å²) in [4.78, 5) is 70.5. The Morgan fingerprint density at radius 1 is 1.10 bits per heavy atom. The standard InChI is InChI=1S/C36H43N5O7S3/c1-34(2,3)48-33(47)38-28-31(44)40-18-24(41-30(43)27(22-11-14-50-20-22)25(17-37-41)21-10-13-49-19-21)15-26(40)29(42)39-36(32(45)46)16-23(36)9-7-6-8-12-51-35(28,4)5/h7,9-11,13-14,17,19-20,23-24,26,28H,6,8,12,15-16,18H2,1-5H3,(H,38,47)(H,39,42)(H,45,46)/b9-7-/t23?,24-,26+,28-,36?/m1/s1. The van der Waals surface area contributed by atoms with E-state index in [1.165, 1.54) is 44.0 Å². The fourth-order valence-corrected chi connectivity index (χ4v) is 9.27. The minimum atomic E-state index is -1.49. The number of allylic oxidation sites excluding steroid dienone is 1. The predicted molar refractivity (Wildman–Crippen MR) is 199 cm³/mol. The molecule has 2 unspecified atom stereocenters. The molecule has 6 rings (SSSR count). The summed E-state index contributed by atoms with van der Waals surface area (Å²) in [6.07, 6.45) is 6.34. The van der Waals surface area contributed by atoms with Crippen LogP contribution in [-0.2, 0) is 19.1 Å². The molecule has 1 saturated heterocycles. The van der Waals surface area contributed by atoms with Crippen molar-refractivity contribution in [2.45, 2.75) is 94.3 Å². The number of aromatic nitrogens is 2. The molecule has 0 aromatic carbocycles. The van der Waals surface area contributed by atoms with Crippen molar-refractivity contribution in [2.75, 3.05) is 12.3 Å². The van der Waals surface area contributed by atoms with E-state index < -0.39 is 63.8 Å². The number of nitrogens with one attached hydrogen (secondary N) is 2.